The van der Waals surface area contributed by atoms with E-state index in [4.69, 9.17) is 0 Å². The molecule has 1 heterocycles. The summed E-state index contributed by atoms with van der Waals surface area (Å²) in [6.07, 6.45) is 1.83. The molecule has 2 aromatic rings. The molecular weight excluding hydrogens is 270 g/mol. The number of rotatable bonds is 6. The molecule has 8 heteroatoms. The van der Waals surface area contributed by atoms with Crippen LogP contribution in [0.15, 0.2) is 30.6 Å². The molecule has 1 aromatic carbocycles. The minimum atomic E-state index is -2.97. The number of hydrogen-bond donors (Lipinski definition) is 2. The molecule has 6 nitrogen and oxygen atoms in total. The van der Waals surface area contributed by atoms with Crippen molar-refractivity contribution in [3.63, 3.8) is 0 Å². The van der Waals surface area contributed by atoms with Crippen molar-refractivity contribution in [2.45, 2.75) is 13.0 Å². The van der Waals surface area contributed by atoms with Crippen LogP contribution >= 0.6 is 0 Å². The first-order chi connectivity index (χ1) is 9.66. The molecule has 0 bridgehead atoms. The number of nitrogens with zero attached hydrogens (tertiary/aromatic N) is 2. The first-order valence-corrected chi connectivity index (χ1v) is 5.83. The Hall–Kier alpha value is -2.51. The molecule has 0 spiro atoms. The van der Waals surface area contributed by atoms with Crippen molar-refractivity contribution in [1.82, 2.24) is 20.5 Å². The predicted molar refractivity (Wildman–Crippen MR) is 65.5 cm³/mol. The monoisotopic (exact) mass is 282 g/mol. The maximum absolute atomic E-state index is 12.2. The Balaban J connectivity index is 1.94. The Morgan fingerprint density at radius 1 is 1.40 bits per heavy atom. The van der Waals surface area contributed by atoms with Crippen molar-refractivity contribution in [3.05, 3.63) is 42.0 Å². The van der Waals surface area contributed by atoms with Gasteiger partial charge in [-0.15, -0.1) is 0 Å². The van der Waals surface area contributed by atoms with Crippen LogP contribution in [0.2, 0.25) is 0 Å². The molecule has 1 aromatic heterocycles. The second kappa shape index (κ2) is 6.60. The highest BCUT2D eigenvalue weighted by Gasteiger charge is 2.14. The Kier molecular flexibility index (Phi) is 4.59. The molecule has 0 atom stereocenters. The van der Waals surface area contributed by atoms with Crippen molar-refractivity contribution < 1.29 is 18.3 Å². The molecule has 20 heavy (non-hydrogen) atoms. The van der Waals surface area contributed by atoms with Gasteiger partial charge in [-0.2, -0.15) is 13.9 Å². The summed E-state index contributed by atoms with van der Waals surface area (Å²) in [7, 11) is 0. The lowest BCUT2D eigenvalue weighted by atomic mass is 10.2. The highest BCUT2D eigenvalue weighted by atomic mass is 19.3. The molecule has 0 aliphatic carbocycles. The van der Waals surface area contributed by atoms with Crippen molar-refractivity contribution in [3.8, 4) is 5.75 Å². The normalized spacial score (nSPS) is 10.6. The van der Waals surface area contributed by atoms with Gasteiger partial charge in [-0.1, -0.05) is 12.1 Å². The molecule has 0 aliphatic heterocycles. The zero-order valence-electron chi connectivity index (χ0n) is 10.3. The average molecular weight is 282 g/mol. The fraction of sp³-hybridized carbons (Fsp3) is 0.250. The van der Waals surface area contributed by atoms with Crippen LogP contribution in [-0.4, -0.2) is 34.2 Å². The molecule has 0 saturated heterocycles. The lowest BCUT2D eigenvalue weighted by Gasteiger charge is -2.10. The minimum absolute atomic E-state index is 0.0605. The molecule has 0 radical (unpaired) electrons. The van der Waals surface area contributed by atoms with E-state index in [2.05, 4.69) is 25.2 Å². The quantitative estimate of drug-likeness (QED) is 0.838. The third-order valence-corrected chi connectivity index (χ3v) is 2.46. The van der Waals surface area contributed by atoms with E-state index >= 15 is 0 Å². The van der Waals surface area contributed by atoms with Crippen molar-refractivity contribution in [2.75, 3.05) is 6.54 Å². The molecule has 0 unspecified atom stereocenters. The van der Waals surface area contributed by atoms with Gasteiger partial charge in [0.1, 0.15) is 17.9 Å². The number of para-hydroxylation sites is 1. The highest BCUT2D eigenvalue weighted by Crippen LogP contribution is 2.19. The summed E-state index contributed by atoms with van der Waals surface area (Å²) >= 11 is 0. The zero-order valence-corrected chi connectivity index (χ0v) is 10.3. The van der Waals surface area contributed by atoms with E-state index in [1.807, 2.05) is 0 Å². The number of carbonyl (C=O) groups excluding carboxylic acids is 1. The molecule has 0 saturated carbocycles. The molecule has 1 amide bonds. The van der Waals surface area contributed by atoms with Crippen LogP contribution in [-0.2, 0) is 6.42 Å². The second-order valence-corrected chi connectivity index (χ2v) is 3.81. The standard InChI is InChI=1S/C12H12F2N4O2/c13-12(14)20-9-4-2-1-3-8(9)11(19)15-6-5-10-16-7-17-18-10/h1-4,7,12H,5-6H2,(H,15,19)(H,16,17,18). The Morgan fingerprint density at radius 2 is 2.20 bits per heavy atom. The molecule has 2 rings (SSSR count). The van der Waals surface area contributed by atoms with E-state index in [1.54, 1.807) is 6.07 Å². The fourth-order valence-electron chi connectivity index (χ4n) is 1.59. The highest BCUT2D eigenvalue weighted by molar-refractivity contribution is 5.96. The van der Waals surface area contributed by atoms with E-state index in [0.29, 0.717) is 18.8 Å². The number of halogens is 2. The Labute approximate surface area is 113 Å². The van der Waals surface area contributed by atoms with Crippen LogP contribution < -0.4 is 10.1 Å². The molecular formula is C12H12F2N4O2. The number of benzene rings is 1. The van der Waals surface area contributed by atoms with Crippen LogP contribution in [0.5, 0.6) is 5.75 Å². The smallest absolute Gasteiger partial charge is 0.387 e. The van der Waals surface area contributed by atoms with Gasteiger partial charge in [0.05, 0.1) is 5.56 Å². The summed E-state index contributed by atoms with van der Waals surface area (Å²) in [5.41, 5.74) is 0.0605. The van der Waals surface area contributed by atoms with E-state index in [0.717, 1.165) is 0 Å². The predicted octanol–water partition coefficient (Wildman–Crippen LogP) is 1.38. The number of carbonyl (C=O) groups is 1. The minimum Gasteiger partial charge on any atom is -0.434 e. The number of amides is 1. The van der Waals surface area contributed by atoms with Gasteiger partial charge in [0.15, 0.2) is 0 Å². The number of alkyl halides is 2. The topological polar surface area (TPSA) is 79.9 Å². The Bertz CT molecular complexity index is 560. The van der Waals surface area contributed by atoms with Crippen molar-refractivity contribution in [2.24, 2.45) is 0 Å². The second-order valence-electron chi connectivity index (χ2n) is 3.81. The first-order valence-electron chi connectivity index (χ1n) is 5.83. The molecule has 0 aliphatic rings. The van der Waals surface area contributed by atoms with Gasteiger partial charge in [-0.3, -0.25) is 9.89 Å². The number of nitrogens with one attached hydrogen (secondary N) is 2. The maximum Gasteiger partial charge on any atom is 0.387 e. The van der Waals surface area contributed by atoms with E-state index in [-0.39, 0.29) is 11.3 Å². The van der Waals surface area contributed by atoms with Crippen LogP contribution in [0, 0.1) is 0 Å². The number of aromatic amines is 1. The first kappa shape index (κ1) is 13.9. The van der Waals surface area contributed by atoms with Crippen LogP contribution in [0.1, 0.15) is 16.2 Å². The summed E-state index contributed by atoms with van der Waals surface area (Å²) in [5.74, 6) is -0.0113. The van der Waals surface area contributed by atoms with E-state index in [1.165, 1.54) is 24.5 Å². The summed E-state index contributed by atoms with van der Waals surface area (Å²) < 4.78 is 28.8. The largest absolute Gasteiger partial charge is 0.434 e. The fourth-order valence-corrected chi connectivity index (χ4v) is 1.59. The lowest BCUT2D eigenvalue weighted by molar-refractivity contribution is -0.0501. The lowest BCUT2D eigenvalue weighted by Crippen LogP contribution is -2.26. The van der Waals surface area contributed by atoms with Gasteiger partial charge in [0.2, 0.25) is 0 Å². The molecule has 2 N–H and O–H groups in total. The van der Waals surface area contributed by atoms with Crippen molar-refractivity contribution >= 4 is 5.91 Å². The summed E-state index contributed by atoms with van der Waals surface area (Å²) in [5, 5.41) is 8.92. The third-order valence-electron chi connectivity index (χ3n) is 2.46. The number of ether oxygens (including phenoxy) is 1. The number of hydrogen-bond acceptors (Lipinski definition) is 4. The SMILES string of the molecule is O=C(NCCc1ncn[nH]1)c1ccccc1OC(F)F. The molecule has 106 valence electrons. The summed E-state index contributed by atoms with van der Waals surface area (Å²) in [6, 6.07) is 5.83. The van der Waals surface area contributed by atoms with Gasteiger partial charge in [0, 0.05) is 13.0 Å². The zero-order chi connectivity index (χ0) is 14.4. The van der Waals surface area contributed by atoms with Crippen LogP contribution in [0.3, 0.4) is 0 Å². The third kappa shape index (κ3) is 3.74. The van der Waals surface area contributed by atoms with E-state index in [9.17, 15) is 13.6 Å². The van der Waals surface area contributed by atoms with Crippen LogP contribution in [0.4, 0.5) is 8.78 Å². The summed E-state index contributed by atoms with van der Waals surface area (Å²) in [4.78, 5) is 15.8. The number of H-pyrrole nitrogens is 1. The Morgan fingerprint density at radius 3 is 2.90 bits per heavy atom. The van der Waals surface area contributed by atoms with E-state index < -0.39 is 12.5 Å². The average Bonchev–Trinajstić information content (AvgIpc) is 2.91. The van der Waals surface area contributed by atoms with Gasteiger partial charge in [-0.05, 0) is 12.1 Å². The van der Waals surface area contributed by atoms with Gasteiger partial charge >= 0.3 is 6.61 Å². The van der Waals surface area contributed by atoms with Gasteiger partial charge in [-0.25, -0.2) is 4.98 Å². The number of aromatic nitrogens is 3. The summed E-state index contributed by atoms with van der Waals surface area (Å²) in [6.45, 7) is -2.67. The van der Waals surface area contributed by atoms with Gasteiger partial charge < -0.3 is 10.1 Å². The van der Waals surface area contributed by atoms with Crippen molar-refractivity contribution in [1.29, 1.82) is 0 Å². The maximum atomic E-state index is 12.2. The van der Waals surface area contributed by atoms with Gasteiger partial charge in [0.25, 0.3) is 5.91 Å². The van der Waals surface area contributed by atoms with Crippen LogP contribution in [0.25, 0.3) is 0 Å². The molecule has 0 fully saturated rings.